The summed E-state index contributed by atoms with van der Waals surface area (Å²) < 4.78 is 23.9. The van der Waals surface area contributed by atoms with Gasteiger partial charge in [-0.15, -0.1) is 11.8 Å². The number of ether oxygens (including phenoxy) is 1. The Morgan fingerprint density at radius 1 is 1.06 bits per heavy atom. The molecule has 0 radical (unpaired) electrons. The van der Waals surface area contributed by atoms with Gasteiger partial charge in [0.25, 0.3) is 5.91 Å². The van der Waals surface area contributed by atoms with Crippen LogP contribution in [0.15, 0.2) is 76.4 Å². The predicted octanol–water partition coefficient (Wildman–Crippen LogP) is 5.84. The first-order valence-corrected chi connectivity index (χ1v) is 11.3. The van der Waals surface area contributed by atoms with Gasteiger partial charge in [0, 0.05) is 24.1 Å². The summed E-state index contributed by atoms with van der Waals surface area (Å²) in [4.78, 5) is 17.2. The maximum atomic E-state index is 13.0. The molecule has 0 aliphatic heterocycles. The molecule has 1 amide bonds. The summed E-state index contributed by atoms with van der Waals surface area (Å²) in [6.45, 7) is 4.13. The third kappa shape index (κ3) is 5.78. The molecule has 0 unspecified atom stereocenters. The molecule has 4 rings (SSSR count). The molecule has 8 heteroatoms. The van der Waals surface area contributed by atoms with Gasteiger partial charge in [-0.3, -0.25) is 4.79 Å². The van der Waals surface area contributed by atoms with Gasteiger partial charge < -0.3 is 14.6 Å². The molecule has 2 aromatic carbocycles. The van der Waals surface area contributed by atoms with Crippen molar-refractivity contribution in [2.45, 2.75) is 31.2 Å². The first kappa shape index (κ1) is 22.5. The predicted molar refractivity (Wildman–Crippen MR) is 124 cm³/mol. The van der Waals surface area contributed by atoms with Gasteiger partial charge in [0.1, 0.15) is 28.1 Å². The quantitative estimate of drug-likeness (QED) is 0.331. The van der Waals surface area contributed by atoms with E-state index < -0.39 is 0 Å². The number of pyridine rings is 1. The monoisotopic (exact) mass is 463 g/mol. The van der Waals surface area contributed by atoms with Crippen LogP contribution in [0.1, 0.15) is 32.9 Å². The van der Waals surface area contributed by atoms with Crippen LogP contribution in [0.4, 0.5) is 4.39 Å². The van der Waals surface area contributed by atoms with E-state index in [-0.39, 0.29) is 11.7 Å². The molecule has 0 atom stereocenters. The first-order chi connectivity index (χ1) is 16.0. The molecular weight excluding hydrogens is 441 g/mol. The molecule has 0 bridgehead atoms. The third-order valence-electron chi connectivity index (χ3n) is 4.98. The smallest absolute Gasteiger partial charge is 0.254 e. The van der Waals surface area contributed by atoms with Crippen LogP contribution < -0.4 is 10.1 Å². The van der Waals surface area contributed by atoms with Crippen molar-refractivity contribution in [3.8, 4) is 11.5 Å². The first-order valence-electron chi connectivity index (χ1n) is 10.3. The highest BCUT2D eigenvalue weighted by Gasteiger charge is 2.15. The highest BCUT2D eigenvalue weighted by atomic mass is 32.2. The van der Waals surface area contributed by atoms with Crippen LogP contribution >= 0.6 is 11.8 Å². The van der Waals surface area contributed by atoms with E-state index in [9.17, 15) is 9.18 Å². The lowest BCUT2D eigenvalue weighted by molar-refractivity contribution is 0.0947. The summed E-state index contributed by atoms with van der Waals surface area (Å²) in [7, 11) is 0. The number of thioether (sulfide) groups is 1. The summed E-state index contributed by atoms with van der Waals surface area (Å²) in [5, 5.41) is 7.56. The van der Waals surface area contributed by atoms with E-state index in [0.29, 0.717) is 34.4 Å². The van der Waals surface area contributed by atoms with E-state index in [1.807, 2.05) is 26.0 Å². The van der Waals surface area contributed by atoms with E-state index >= 15 is 0 Å². The average molecular weight is 464 g/mol. The number of rotatable bonds is 8. The van der Waals surface area contributed by atoms with Gasteiger partial charge >= 0.3 is 0 Å². The fraction of sp³-hybridized carbons (Fsp3) is 0.160. The number of carbonyl (C=O) groups excluding carboxylic acids is 1. The van der Waals surface area contributed by atoms with Gasteiger partial charge in [0.15, 0.2) is 0 Å². The number of amides is 1. The zero-order chi connectivity index (χ0) is 23.2. The Balaban J connectivity index is 1.35. The van der Waals surface area contributed by atoms with Crippen LogP contribution in [0, 0.1) is 19.7 Å². The normalized spacial score (nSPS) is 10.8. The van der Waals surface area contributed by atoms with E-state index in [2.05, 4.69) is 15.5 Å². The Kier molecular flexibility index (Phi) is 7.04. The molecule has 0 saturated heterocycles. The number of halogens is 1. The Labute approximate surface area is 195 Å². The molecule has 1 N–H and O–H groups in total. The molecule has 0 saturated carbocycles. The van der Waals surface area contributed by atoms with Crippen LogP contribution in [0.2, 0.25) is 0 Å². The number of carbonyl (C=O) groups is 1. The van der Waals surface area contributed by atoms with Crippen molar-refractivity contribution >= 4 is 17.7 Å². The minimum Gasteiger partial charge on any atom is -0.457 e. The second-order valence-electron chi connectivity index (χ2n) is 7.33. The van der Waals surface area contributed by atoms with Gasteiger partial charge in [-0.25, -0.2) is 9.37 Å². The molecule has 33 heavy (non-hydrogen) atoms. The van der Waals surface area contributed by atoms with Gasteiger partial charge in [0.05, 0.1) is 11.3 Å². The highest BCUT2D eigenvalue weighted by Crippen LogP contribution is 2.27. The topological polar surface area (TPSA) is 77.2 Å². The zero-order valence-electron chi connectivity index (χ0n) is 18.2. The van der Waals surface area contributed by atoms with Crippen LogP contribution in [0.25, 0.3) is 0 Å². The summed E-state index contributed by atoms with van der Waals surface area (Å²) >= 11 is 1.47. The minimum atomic E-state index is -0.313. The fourth-order valence-electron chi connectivity index (χ4n) is 3.12. The summed E-state index contributed by atoms with van der Waals surface area (Å²) in [5.74, 6) is 2.06. The number of nitrogens with one attached hydrogen (secondary N) is 1. The Hall–Kier alpha value is -3.65. The highest BCUT2D eigenvalue weighted by molar-refractivity contribution is 7.98. The van der Waals surface area contributed by atoms with Crippen molar-refractivity contribution < 1.29 is 18.4 Å². The number of hydrogen-bond acceptors (Lipinski definition) is 6. The maximum Gasteiger partial charge on any atom is 0.254 e. The van der Waals surface area contributed by atoms with E-state index in [4.69, 9.17) is 9.26 Å². The van der Waals surface area contributed by atoms with Crippen LogP contribution in [-0.4, -0.2) is 16.0 Å². The standard InChI is InChI=1S/C25H22FN3O3S/c1-16-23(17(2)32-29-16)15-33-25-22(4-3-13-27-25)24(30)28-14-18-5-9-20(10-6-18)31-21-11-7-19(26)8-12-21/h3-13H,14-15H2,1-2H3,(H,28,30). The second kappa shape index (κ2) is 10.3. The average Bonchev–Trinajstić information content (AvgIpc) is 3.15. The van der Waals surface area contributed by atoms with Crippen LogP contribution in [0.3, 0.4) is 0 Å². The van der Waals surface area contributed by atoms with E-state index in [1.54, 1.807) is 42.6 Å². The Morgan fingerprint density at radius 3 is 2.42 bits per heavy atom. The van der Waals surface area contributed by atoms with Crippen molar-refractivity contribution in [1.29, 1.82) is 0 Å². The SMILES string of the molecule is Cc1noc(C)c1CSc1ncccc1C(=O)NCc1ccc(Oc2ccc(F)cc2)cc1. The Morgan fingerprint density at radius 2 is 1.76 bits per heavy atom. The van der Waals surface area contributed by atoms with Crippen LogP contribution in [-0.2, 0) is 12.3 Å². The number of aryl methyl sites for hydroxylation is 2. The molecule has 0 aliphatic carbocycles. The third-order valence-corrected chi connectivity index (χ3v) is 6.01. The van der Waals surface area contributed by atoms with Crippen molar-refractivity contribution in [3.05, 3.63) is 101 Å². The van der Waals surface area contributed by atoms with Crippen molar-refractivity contribution in [2.75, 3.05) is 0 Å². The summed E-state index contributed by atoms with van der Waals surface area (Å²) in [6.07, 6.45) is 1.67. The number of aromatic nitrogens is 2. The largest absolute Gasteiger partial charge is 0.457 e. The van der Waals surface area contributed by atoms with Gasteiger partial charge in [-0.2, -0.15) is 0 Å². The summed E-state index contributed by atoms with van der Waals surface area (Å²) in [5.41, 5.74) is 3.29. The molecular formula is C25H22FN3O3S. The van der Waals surface area contributed by atoms with E-state index in [0.717, 1.165) is 22.6 Å². The molecule has 168 valence electrons. The number of nitrogens with zero attached hydrogens (tertiary/aromatic N) is 2. The van der Waals surface area contributed by atoms with E-state index in [1.165, 1.54) is 23.9 Å². The van der Waals surface area contributed by atoms with Gasteiger partial charge in [-0.1, -0.05) is 17.3 Å². The second-order valence-corrected chi connectivity index (χ2v) is 8.29. The minimum absolute atomic E-state index is 0.198. The fourth-order valence-corrected chi connectivity index (χ4v) is 4.26. The molecule has 0 aliphatic rings. The lowest BCUT2D eigenvalue weighted by atomic mass is 10.2. The molecule has 0 spiro atoms. The zero-order valence-corrected chi connectivity index (χ0v) is 19.0. The van der Waals surface area contributed by atoms with Crippen LogP contribution in [0.5, 0.6) is 11.5 Å². The lowest BCUT2D eigenvalue weighted by Gasteiger charge is -2.10. The van der Waals surface area contributed by atoms with Gasteiger partial charge in [0.2, 0.25) is 0 Å². The molecule has 0 fully saturated rings. The van der Waals surface area contributed by atoms with Crippen molar-refractivity contribution in [1.82, 2.24) is 15.5 Å². The maximum absolute atomic E-state index is 13.0. The molecule has 6 nitrogen and oxygen atoms in total. The lowest BCUT2D eigenvalue weighted by Crippen LogP contribution is -2.23. The number of hydrogen-bond donors (Lipinski definition) is 1. The van der Waals surface area contributed by atoms with Crippen molar-refractivity contribution in [3.63, 3.8) is 0 Å². The molecule has 2 heterocycles. The number of benzene rings is 2. The summed E-state index contributed by atoms with van der Waals surface area (Å²) in [6, 6.07) is 16.7. The van der Waals surface area contributed by atoms with Crippen molar-refractivity contribution in [2.24, 2.45) is 0 Å². The molecule has 2 aromatic heterocycles. The van der Waals surface area contributed by atoms with Gasteiger partial charge in [-0.05, 0) is 67.9 Å². The Bertz CT molecular complexity index is 1220. The molecule has 4 aromatic rings.